The first-order chi connectivity index (χ1) is 12.1. The highest BCUT2D eigenvalue weighted by Gasteiger charge is 2.08. The number of aromatic nitrogens is 1. The molecule has 0 bridgehead atoms. The second kappa shape index (κ2) is 7.62. The van der Waals surface area contributed by atoms with Gasteiger partial charge in [0.2, 0.25) is 0 Å². The minimum Gasteiger partial charge on any atom is -0.354 e. The third-order valence-electron chi connectivity index (χ3n) is 3.89. The molecule has 1 heterocycles. The van der Waals surface area contributed by atoms with Crippen molar-refractivity contribution >= 4 is 23.0 Å². The molecular formula is C21H21N3O. The average Bonchev–Trinajstić information content (AvgIpc) is 2.63. The van der Waals surface area contributed by atoms with Crippen molar-refractivity contribution in [1.82, 2.24) is 4.98 Å². The van der Waals surface area contributed by atoms with Crippen LogP contribution in [-0.2, 0) is 0 Å². The number of rotatable bonds is 5. The van der Waals surface area contributed by atoms with Gasteiger partial charge >= 0.3 is 0 Å². The Kier molecular flexibility index (Phi) is 5.09. The van der Waals surface area contributed by atoms with Crippen molar-refractivity contribution in [2.45, 2.75) is 19.8 Å². The molecule has 3 rings (SSSR count). The van der Waals surface area contributed by atoms with Crippen LogP contribution in [0, 0.1) is 0 Å². The molecule has 2 aromatic carbocycles. The number of nitrogens with one attached hydrogen (secondary N) is 2. The van der Waals surface area contributed by atoms with Crippen molar-refractivity contribution in [3.05, 3.63) is 84.2 Å². The van der Waals surface area contributed by atoms with Gasteiger partial charge in [0, 0.05) is 11.4 Å². The maximum absolute atomic E-state index is 12.3. The summed E-state index contributed by atoms with van der Waals surface area (Å²) in [5.74, 6) is 0.250. The third kappa shape index (κ3) is 4.44. The molecule has 4 nitrogen and oxygen atoms in total. The Balaban J connectivity index is 1.64. The lowest BCUT2D eigenvalue weighted by molar-refractivity contribution is 0.102. The molecule has 0 saturated carbocycles. The quantitative estimate of drug-likeness (QED) is 0.675. The van der Waals surface area contributed by atoms with E-state index in [0.717, 1.165) is 17.1 Å². The Labute approximate surface area is 147 Å². The van der Waals surface area contributed by atoms with Crippen LogP contribution in [0.5, 0.6) is 0 Å². The summed E-state index contributed by atoms with van der Waals surface area (Å²) in [6, 6.07) is 21.3. The molecule has 0 aliphatic rings. The summed E-state index contributed by atoms with van der Waals surface area (Å²) in [5.41, 5.74) is 4.21. The standard InChI is InChI=1S/C21H21N3O/c1-15(2)16-8-10-18(11-9-16)24-21(25)20-13-12-19(14-22-20)23-17-6-4-3-5-7-17/h3-15,23H,1-2H3,(H,24,25). The number of carbonyl (C=O) groups is 1. The molecule has 0 fully saturated rings. The van der Waals surface area contributed by atoms with Gasteiger partial charge in [-0.3, -0.25) is 4.79 Å². The lowest BCUT2D eigenvalue weighted by atomic mass is 10.0. The number of amides is 1. The Morgan fingerprint density at radius 1 is 0.840 bits per heavy atom. The van der Waals surface area contributed by atoms with Gasteiger partial charge in [0.15, 0.2) is 0 Å². The van der Waals surface area contributed by atoms with E-state index in [4.69, 9.17) is 0 Å². The number of anilines is 3. The first kappa shape index (κ1) is 16.7. The fraction of sp³-hybridized carbons (Fsp3) is 0.143. The van der Waals surface area contributed by atoms with Gasteiger partial charge in [-0.25, -0.2) is 4.98 Å². The highest BCUT2D eigenvalue weighted by atomic mass is 16.1. The molecule has 0 aliphatic carbocycles. The van der Waals surface area contributed by atoms with E-state index in [9.17, 15) is 4.79 Å². The number of para-hydroxylation sites is 1. The van der Waals surface area contributed by atoms with Crippen LogP contribution < -0.4 is 10.6 Å². The molecule has 0 radical (unpaired) electrons. The summed E-state index contributed by atoms with van der Waals surface area (Å²) in [4.78, 5) is 16.6. The van der Waals surface area contributed by atoms with Crippen LogP contribution >= 0.6 is 0 Å². The topological polar surface area (TPSA) is 54.0 Å². The highest BCUT2D eigenvalue weighted by Crippen LogP contribution is 2.18. The van der Waals surface area contributed by atoms with Gasteiger partial charge in [-0.05, 0) is 47.9 Å². The molecule has 1 amide bonds. The molecule has 25 heavy (non-hydrogen) atoms. The Hall–Kier alpha value is -3.14. The Bertz CT molecular complexity index is 825. The van der Waals surface area contributed by atoms with Crippen LogP contribution in [0.2, 0.25) is 0 Å². The van der Waals surface area contributed by atoms with Crippen LogP contribution in [0.4, 0.5) is 17.1 Å². The number of carbonyl (C=O) groups excluding carboxylic acids is 1. The number of nitrogens with zero attached hydrogens (tertiary/aromatic N) is 1. The van der Waals surface area contributed by atoms with E-state index in [2.05, 4.69) is 29.5 Å². The van der Waals surface area contributed by atoms with E-state index >= 15 is 0 Å². The fourth-order valence-electron chi connectivity index (χ4n) is 2.44. The van der Waals surface area contributed by atoms with Crippen LogP contribution in [0.25, 0.3) is 0 Å². The van der Waals surface area contributed by atoms with E-state index in [1.54, 1.807) is 12.3 Å². The minimum atomic E-state index is -0.219. The number of benzene rings is 2. The zero-order chi connectivity index (χ0) is 17.6. The van der Waals surface area contributed by atoms with E-state index in [0.29, 0.717) is 11.6 Å². The van der Waals surface area contributed by atoms with Crippen LogP contribution in [0.3, 0.4) is 0 Å². The Morgan fingerprint density at radius 2 is 1.52 bits per heavy atom. The van der Waals surface area contributed by atoms with Gasteiger partial charge in [0.1, 0.15) is 5.69 Å². The average molecular weight is 331 g/mol. The SMILES string of the molecule is CC(C)c1ccc(NC(=O)c2ccc(Nc3ccccc3)cn2)cc1. The van der Waals surface area contributed by atoms with Crippen LogP contribution in [-0.4, -0.2) is 10.9 Å². The lowest BCUT2D eigenvalue weighted by Gasteiger charge is -2.09. The summed E-state index contributed by atoms with van der Waals surface area (Å²) in [7, 11) is 0. The smallest absolute Gasteiger partial charge is 0.274 e. The third-order valence-corrected chi connectivity index (χ3v) is 3.89. The Morgan fingerprint density at radius 3 is 2.12 bits per heavy atom. The molecule has 3 aromatic rings. The zero-order valence-electron chi connectivity index (χ0n) is 14.4. The largest absolute Gasteiger partial charge is 0.354 e. The summed E-state index contributed by atoms with van der Waals surface area (Å²) in [6.45, 7) is 4.28. The number of hydrogen-bond acceptors (Lipinski definition) is 3. The summed E-state index contributed by atoms with van der Waals surface area (Å²) >= 11 is 0. The molecule has 1 aromatic heterocycles. The summed E-state index contributed by atoms with van der Waals surface area (Å²) in [6.07, 6.45) is 1.66. The first-order valence-electron chi connectivity index (χ1n) is 8.31. The van der Waals surface area contributed by atoms with Crippen LogP contribution in [0.1, 0.15) is 35.8 Å². The molecule has 0 saturated heterocycles. The molecule has 0 unspecified atom stereocenters. The summed E-state index contributed by atoms with van der Waals surface area (Å²) < 4.78 is 0. The van der Waals surface area contributed by atoms with Crippen molar-refractivity contribution in [2.24, 2.45) is 0 Å². The monoisotopic (exact) mass is 331 g/mol. The van der Waals surface area contributed by atoms with Crippen molar-refractivity contribution in [1.29, 1.82) is 0 Å². The molecule has 0 spiro atoms. The van der Waals surface area contributed by atoms with E-state index in [1.807, 2.05) is 60.7 Å². The predicted molar refractivity (Wildman–Crippen MR) is 102 cm³/mol. The van der Waals surface area contributed by atoms with Crippen molar-refractivity contribution in [3.8, 4) is 0 Å². The molecule has 4 heteroatoms. The van der Waals surface area contributed by atoms with Gasteiger partial charge in [0.25, 0.3) is 5.91 Å². The van der Waals surface area contributed by atoms with Gasteiger partial charge in [-0.2, -0.15) is 0 Å². The number of pyridine rings is 1. The van der Waals surface area contributed by atoms with E-state index in [-0.39, 0.29) is 5.91 Å². The molecule has 126 valence electrons. The van der Waals surface area contributed by atoms with Crippen molar-refractivity contribution < 1.29 is 4.79 Å². The van der Waals surface area contributed by atoms with Crippen molar-refractivity contribution in [3.63, 3.8) is 0 Å². The van der Waals surface area contributed by atoms with Gasteiger partial charge in [-0.1, -0.05) is 44.2 Å². The lowest BCUT2D eigenvalue weighted by Crippen LogP contribution is -2.13. The molecule has 0 atom stereocenters. The minimum absolute atomic E-state index is 0.219. The predicted octanol–water partition coefficient (Wildman–Crippen LogP) is 5.20. The fourth-order valence-corrected chi connectivity index (χ4v) is 2.44. The first-order valence-corrected chi connectivity index (χ1v) is 8.31. The second-order valence-corrected chi connectivity index (χ2v) is 6.15. The normalized spacial score (nSPS) is 10.5. The zero-order valence-corrected chi connectivity index (χ0v) is 14.4. The van der Waals surface area contributed by atoms with Gasteiger partial charge < -0.3 is 10.6 Å². The molecular weight excluding hydrogens is 310 g/mol. The van der Waals surface area contributed by atoms with Crippen LogP contribution in [0.15, 0.2) is 72.9 Å². The van der Waals surface area contributed by atoms with Gasteiger partial charge in [-0.15, -0.1) is 0 Å². The van der Waals surface area contributed by atoms with Crippen molar-refractivity contribution in [2.75, 3.05) is 10.6 Å². The molecule has 0 aliphatic heterocycles. The number of hydrogen-bond donors (Lipinski definition) is 2. The maximum atomic E-state index is 12.3. The maximum Gasteiger partial charge on any atom is 0.274 e. The van der Waals surface area contributed by atoms with E-state index in [1.165, 1.54) is 5.56 Å². The second-order valence-electron chi connectivity index (χ2n) is 6.15. The summed E-state index contributed by atoms with van der Waals surface area (Å²) in [5, 5.41) is 6.11. The van der Waals surface area contributed by atoms with Gasteiger partial charge in [0.05, 0.1) is 11.9 Å². The van der Waals surface area contributed by atoms with E-state index < -0.39 is 0 Å². The highest BCUT2D eigenvalue weighted by molar-refractivity contribution is 6.02. The molecule has 2 N–H and O–H groups in total.